The number of rotatable bonds is 5. The van der Waals surface area contributed by atoms with Crippen LogP contribution in [0.3, 0.4) is 0 Å². The fraction of sp³-hybridized carbons (Fsp3) is 0.500. The minimum Gasteiger partial charge on any atom is -0.336 e. The second-order valence-electron chi connectivity index (χ2n) is 9.22. The van der Waals surface area contributed by atoms with Crippen molar-refractivity contribution in [3.8, 4) is 0 Å². The van der Waals surface area contributed by atoms with Crippen LogP contribution in [-0.4, -0.2) is 72.7 Å². The van der Waals surface area contributed by atoms with Gasteiger partial charge in [0.25, 0.3) is 5.91 Å². The Morgan fingerprint density at radius 1 is 0.938 bits per heavy atom. The molecule has 7 nitrogen and oxygen atoms in total. The van der Waals surface area contributed by atoms with Crippen molar-refractivity contribution in [1.29, 1.82) is 0 Å². The standard InChI is InChI=1S/C24H32N4O3S/c1-19-15-20(2)17-28(16-19)32(30,31)23-5-3-22(4-6-23)24(29)27-13-11-26(12-14-27)18-21-7-9-25-10-8-21/h3-10,19-20H,11-18H2,1-2H3. The SMILES string of the molecule is CC1CC(C)CN(S(=O)(=O)c2ccc(C(=O)N3CCN(Cc4ccncc4)CC3)cc2)C1. The van der Waals surface area contributed by atoms with Gasteiger partial charge in [-0.25, -0.2) is 8.42 Å². The third-order valence-electron chi connectivity index (χ3n) is 6.39. The molecular formula is C24H32N4O3S. The average molecular weight is 457 g/mol. The molecule has 2 atom stereocenters. The molecule has 0 saturated carbocycles. The molecule has 1 aromatic heterocycles. The first kappa shape index (κ1) is 22.9. The van der Waals surface area contributed by atoms with E-state index in [1.54, 1.807) is 41.0 Å². The largest absolute Gasteiger partial charge is 0.336 e. The highest BCUT2D eigenvalue weighted by atomic mass is 32.2. The lowest BCUT2D eigenvalue weighted by atomic mass is 9.94. The van der Waals surface area contributed by atoms with Gasteiger partial charge in [-0.05, 0) is 60.2 Å². The number of piperazine rings is 1. The average Bonchev–Trinajstić information content (AvgIpc) is 2.79. The smallest absolute Gasteiger partial charge is 0.253 e. The van der Waals surface area contributed by atoms with Crippen molar-refractivity contribution in [1.82, 2.24) is 19.1 Å². The Morgan fingerprint density at radius 3 is 2.12 bits per heavy atom. The number of carbonyl (C=O) groups excluding carboxylic acids is 1. The van der Waals surface area contributed by atoms with E-state index in [1.165, 1.54) is 5.56 Å². The van der Waals surface area contributed by atoms with E-state index >= 15 is 0 Å². The molecule has 0 aliphatic carbocycles. The number of piperidine rings is 1. The summed E-state index contributed by atoms with van der Waals surface area (Å²) in [6, 6.07) is 10.5. The lowest BCUT2D eigenvalue weighted by molar-refractivity contribution is 0.0628. The van der Waals surface area contributed by atoms with Gasteiger partial charge in [0.15, 0.2) is 0 Å². The quantitative estimate of drug-likeness (QED) is 0.692. The van der Waals surface area contributed by atoms with Crippen LogP contribution in [0.25, 0.3) is 0 Å². The number of nitrogens with zero attached hydrogens (tertiary/aromatic N) is 4. The maximum Gasteiger partial charge on any atom is 0.253 e. The highest BCUT2D eigenvalue weighted by Gasteiger charge is 2.32. The number of amides is 1. The molecule has 3 heterocycles. The summed E-state index contributed by atoms with van der Waals surface area (Å²) < 4.78 is 27.7. The van der Waals surface area contributed by atoms with Gasteiger partial charge in [0, 0.05) is 63.8 Å². The molecule has 2 aliphatic heterocycles. The number of sulfonamides is 1. The molecule has 2 aromatic rings. The normalized spacial score (nSPS) is 23.2. The monoisotopic (exact) mass is 456 g/mol. The van der Waals surface area contributed by atoms with Crippen LogP contribution in [0.15, 0.2) is 53.7 Å². The van der Waals surface area contributed by atoms with E-state index in [-0.39, 0.29) is 10.8 Å². The molecule has 2 unspecified atom stereocenters. The topological polar surface area (TPSA) is 73.8 Å². The van der Waals surface area contributed by atoms with Crippen molar-refractivity contribution in [2.45, 2.75) is 31.7 Å². The number of benzene rings is 1. The minimum atomic E-state index is -3.53. The minimum absolute atomic E-state index is 0.0438. The fourth-order valence-corrected chi connectivity index (χ4v) is 6.44. The molecule has 0 radical (unpaired) electrons. The summed E-state index contributed by atoms with van der Waals surface area (Å²) >= 11 is 0. The third-order valence-corrected chi connectivity index (χ3v) is 8.24. The Kier molecular flexibility index (Phi) is 6.93. The number of hydrogen-bond acceptors (Lipinski definition) is 5. The van der Waals surface area contributed by atoms with Gasteiger partial charge in [-0.15, -0.1) is 0 Å². The van der Waals surface area contributed by atoms with E-state index in [1.807, 2.05) is 17.0 Å². The van der Waals surface area contributed by atoms with Gasteiger partial charge in [-0.2, -0.15) is 4.31 Å². The third kappa shape index (κ3) is 5.19. The summed E-state index contributed by atoms with van der Waals surface area (Å²) in [5.74, 6) is 0.663. The van der Waals surface area contributed by atoms with Crippen molar-refractivity contribution in [3.63, 3.8) is 0 Å². The molecule has 4 rings (SSSR count). The summed E-state index contributed by atoms with van der Waals surface area (Å²) in [7, 11) is -3.53. The Bertz CT molecular complexity index is 1010. The molecule has 172 valence electrons. The van der Waals surface area contributed by atoms with Gasteiger partial charge >= 0.3 is 0 Å². The Hall–Kier alpha value is -2.29. The molecule has 1 aromatic carbocycles. The fourth-order valence-electron chi connectivity index (χ4n) is 4.76. The summed E-state index contributed by atoms with van der Waals surface area (Å²) in [5.41, 5.74) is 1.75. The van der Waals surface area contributed by atoms with Crippen LogP contribution in [0.1, 0.15) is 36.2 Å². The summed E-state index contributed by atoms with van der Waals surface area (Å²) in [5, 5.41) is 0. The van der Waals surface area contributed by atoms with Crippen LogP contribution < -0.4 is 0 Å². The van der Waals surface area contributed by atoms with Crippen molar-refractivity contribution in [2.75, 3.05) is 39.3 Å². The van der Waals surface area contributed by atoms with E-state index in [0.29, 0.717) is 43.6 Å². The second kappa shape index (κ2) is 9.68. The molecule has 0 spiro atoms. The van der Waals surface area contributed by atoms with Gasteiger partial charge in [0.2, 0.25) is 10.0 Å². The maximum atomic E-state index is 13.1. The number of carbonyl (C=O) groups is 1. The zero-order chi connectivity index (χ0) is 22.7. The molecule has 0 N–H and O–H groups in total. The van der Waals surface area contributed by atoms with Crippen LogP contribution >= 0.6 is 0 Å². The van der Waals surface area contributed by atoms with Crippen LogP contribution in [0.4, 0.5) is 0 Å². The van der Waals surface area contributed by atoms with Gasteiger partial charge in [0.05, 0.1) is 4.90 Å². The summed E-state index contributed by atoms with van der Waals surface area (Å²) in [6.07, 6.45) is 4.64. The lowest BCUT2D eigenvalue weighted by Gasteiger charge is -2.35. The van der Waals surface area contributed by atoms with Gasteiger partial charge < -0.3 is 4.90 Å². The van der Waals surface area contributed by atoms with E-state index in [0.717, 1.165) is 26.1 Å². The van der Waals surface area contributed by atoms with Gasteiger partial charge in [-0.1, -0.05) is 13.8 Å². The van der Waals surface area contributed by atoms with Crippen LogP contribution in [0.5, 0.6) is 0 Å². The Morgan fingerprint density at radius 2 is 1.53 bits per heavy atom. The zero-order valence-corrected chi connectivity index (χ0v) is 19.7. The molecule has 0 bridgehead atoms. The molecule has 2 fully saturated rings. The lowest BCUT2D eigenvalue weighted by Crippen LogP contribution is -2.48. The first-order valence-corrected chi connectivity index (χ1v) is 12.8. The van der Waals surface area contributed by atoms with Crippen LogP contribution in [0.2, 0.25) is 0 Å². The van der Waals surface area contributed by atoms with E-state index < -0.39 is 10.0 Å². The zero-order valence-electron chi connectivity index (χ0n) is 18.9. The molecular weight excluding hydrogens is 424 g/mol. The second-order valence-corrected chi connectivity index (χ2v) is 11.2. The number of pyridine rings is 1. The van der Waals surface area contributed by atoms with Gasteiger partial charge in [-0.3, -0.25) is 14.7 Å². The highest BCUT2D eigenvalue weighted by molar-refractivity contribution is 7.89. The first-order chi connectivity index (χ1) is 15.3. The molecule has 1 amide bonds. The predicted octanol–water partition coefficient (Wildman–Crippen LogP) is 2.71. The van der Waals surface area contributed by atoms with Crippen molar-refractivity contribution in [3.05, 3.63) is 59.9 Å². The molecule has 8 heteroatoms. The summed E-state index contributed by atoms with van der Waals surface area (Å²) in [4.78, 5) is 21.4. The number of aromatic nitrogens is 1. The molecule has 2 aliphatic rings. The summed E-state index contributed by atoms with van der Waals surface area (Å²) in [6.45, 7) is 9.09. The van der Waals surface area contributed by atoms with Crippen LogP contribution in [0, 0.1) is 11.8 Å². The molecule has 2 saturated heterocycles. The maximum absolute atomic E-state index is 13.1. The molecule has 32 heavy (non-hydrogen) atoms. The van der Waals surface area contributed by atoms with Gasteiger partial charge in [0.1, 0.15) is 0 Å². The van der Waals surface area contributed by atoms with Crippen molar-refractivity contribution >= 4 is 15.9 Å². The van der Waals surface area contributed by atoms with E-state index in [4.69, 9.17) is 0 Å². The van der Waals surface area contributed by atoms with Crippen LogP contribution in [-0.2, 0) is 16.6 Å². The van der Waals surface area contributed by atoms with E-state index in [2.05, 4.69) is 23.7 Å². The Balaban J connectivity index is 1.36. The predicted molar refractivity (Wildman–Crippen MR) is 124 cm³/mol. The Labute approximate surface area is 191 Å². The van der Waals surface area contributed by atoms with Crippen molar-refractivity contribution < 1.29 is 13.2 Å². The number of hydrogen-bond donors (Lipinski definition) is 0. The first-order valence-electron chi connectivity index (χ1n) is 11.3. The van der Waals surface area contributed by atoms with Crippen molar-refractivity contribution in [2.24, 2.45) is 11.8 Å². The van der Waals surface area contributed by atoms with E-state index in [9.17, 15) is 13.2 Å². The highest BCUT2D eigenvalue weighted by Crippen LogP contribution is 2.27.